The number of unbranched alkanes of at least 4 members (excludes halogenated alkanes) is 5. The van der Waals surface area contributed by atoms with Crippen LogP contribution in [0.4, 0.5) is 0 Å². The van der Waals surface area contributed by atoms with Gasteiger partial charge in [-0.05, 0) is 72.9 Å². The zero-order valence-corrected chi connectivity index (χ0v) is 22.1. The monoisotopic (exact) mass is 498 g/mol. The molecule has 3 rings (SSSR count). The molecule has 0 saturated heterocycles. The predicted octanol–water partition coefficient (Wildman–Crippen LogP) is 8.49. The van der Waals surface area contributed by atoms with Crippen molar-refractivity contribution in [3.63, 3.8) is 0 Å². The van der Waals surface area contributed by atoms with Crippen LogP contribution in [0.25, 0.3) is 6.08 Å². The van der Waals surface area contributed by atoms with Crippen LogP contribution < -0.4 is 9.47 Å². The number of ketones is 1. The minimum atomic E-state index is -0.426. The highest BCUT2D eigenvalue weighted by Gasteiger charge is 2.09. The quantitative estimate of drug-likeness (QED) is 0.0693. The third-order valence-electron chi connectivity index (χ3n) is 6.18. The predicted molar refractivity (Wildman–Crippen MR) is 151 cm³/mol. The zero-order valence-electron chi connectivity index (χ0n) is 22.1. The minimum Gasteiger partial charge on any atom is -0.494 e. The maximum atomic E-state index is 12.5. The first-order chi connectivity index (χ1) is 18.1. The van der Waals surface area contributed by atoms with Gasteiger partial charge in [-0.1, -0.05) is 88.4 Å². The normalized spacial score (nSPS) is 11.0. The van der Waals surface area contributed by atoms with Crippen LogP contribution in [0.5, 0.6) is 11.5 Å². The standard InChI is InChI=1S/C33H38O4/c1-3-5-7-8-10-26-11-16-28(17-12-26)32(34)24-15-27-13-20-31(21-14-27)37-33(35)29-18-22-30(23-19-29)36-25-9-6-4-2/h11-24H,3-10,25H2,1-2H3. The van der Waals surface area contributed by atoms with Crippen LogP contribution in [0.15, 0.2) is 78.9 Å². The van der Waals surface area contributed by atoms with Gasteiger partial charge in [0.25, 0.3) is 0 Å². The van der Waals surface area contributed by atoms with Crippen LogP contribution in [0.3, 0.4) is 0 Å². The molecule has 0 heterocycles. The minimum absolute atomic E-state index is 0.0363. The second kappa shape index (κ2) is 15.5. The second-order valence-electron chi connectivity index (χ2n) is 9.24. The summed E-state index contributed by atoms with van der Waals surface area (Å²) in [5.41, 5.74) is 3.26. The Balaban J connectivity index is 1.47. The van der Waals surface area contributed by atoms with Crippen LogP contribution in [-0.4, -0.2) is 18.4 Å². The van der Waals surface area contributed by atoms with E-state index in [1.807, 2.05) is 36.4 Å². The van der Waals surface area contributed by atoms with E-state index in [1.54, 1.807) is 48.6 Å². The lowest BCUT2D eigenvalue weighted by Gasteiger charge is -2.07. The van der Waals surface area contributed by atoms with Gasteiger partial charge in [0.15, 0.2) is 5.78 Å². The summed E-state index contributed by atoms with van der Waals surface area (Å²) in [4.78, 5) is 25.0. The number of ether oxygens (including phenoxy) is 2. The Bertz CT molecular complexity index is 1130. The van der Waals surface area contributed by atoms with Crippen LogP contribution in [0, 0.1) is 0 Å². The molecule has 0 aliphatic rings. The van der Waals surface area contributed by atoms with Gasteiger partial charge in [0.05, 0.1) is 12.2 Å². The van der Waals surface area contributed by atoms with Crippen molar-refractivity contribution in [3.8, 4) is 11.5 Å². The SMILES string of the molecule is CCCCCCc1ccc(C(=O)C=Cc2ccc(OC(=O)c3ccc(OCCCCC)cc3)cc2)cc1. The molecule has 3 aromatic rings. The number of rotatable bonds is 15. The molecule has 0 unspecified atom stereocenters. The highest BCUT2D eigenvalue weighted by Crippen LogP contribution is 2.18. The number of carbonyl (C=O) groups is 2. The molecule has 37 heavy (non-hydrogen) atoms. The van der Waals surface area contributed by atoms with Gasteiger partial charge < -0.3 is 9.47 Å². The molecule has 4 heteroatoms. The molecule has 0 N–H and O–H groups in total. The third-order valence-corrected chi connectivity index (χ3v) is 6.18. The van der Waals surface area contributed by atoms with Gasteiger partial charge in [0, 0.05) is 5.56 Å². The maximum absolute atomic E-state index is 12.5. The lowest BCUT2D eigenvalue weighted by Crippen LogP contribution is -2.08. The molecule has 3 aromatic carbocycles. The Morgan fingerprint density at radius 3 is 1.97 bits per heavy atom. The fourth-order valence-electron chi connectivity index (χ4n) is 3.90. The van der Waals surface area contributed by atoms with E-state index in [-0.39, 0.29) is 5.78 Å². The molecule has 0 atom stereocenters. The van der Waals surface area contributed by atoms with E-state index in [4.69, 9.17) is 9.47 Å². The van der Waals surface area contributed by atoms with Crippen LogP contribution in [-0.2, 0) is 6.42 Å². The first-order valence-electron chi connectivity index (χ1n) is 13.5. The zero-order chi connectivity index (χ0) is 26.3. The Morgan fingerprint density at radius 2 is 1.30 bits per heavy atom. The van der Waals surface area contributed by atoms with Crippen LogP contribution >= 0.6 is 0 Å². The van der Waals surface area contributed by atoms with Crippen molar-refractivity contribution in [2.75, 3.05) is 6.61 Å². The van der Waals surface area contributed by atoms with E-state index in [9.17, 15) is 9.59 Å². The number of carbonyl (C=O) groups excluding carboxylic acids is 2. The van der Waals surface area contributed by atoms with Crippen molar-refractivity contribution in [2.24, 2.45) is 0 Å². The van der Waals surface area contributed by atoms with Gasteiger partial charge in [-0.3, -0.25) is 4.79 Å². The molecule has 0 spiro atoms. The van der Waals surface area contributed by atoms with Crippen molar-refractivity contribution in [2.45, 2.75) is 65.2 Å². The number of hydrogen-bond donors (Lipinski definition) is 0. The summed E-state index contributed by atoms with van der Waals surface area (Å²) >= 11 is 0. The largest absolute Gasteiger partial charge is 0.494 e. The molecule has 0 radical (unpaired) electrons. The topological polar surface area (TPSA) is 52.6 Å². The number of benzene rings is 3. The van der Waals surface area contributed by atoms with E-state index in [2.05, 4.69) is 13.8 Å². The smallest absolute Gasteiger partial charge is 0.343 e. The Hall–Kier alpha value is -3.66. The first-order valence-corrected chi connectivity index (χ1v) is 13.5. The summed E-state index contributed by atoms with van der Waals surface area (Å²) < 4.78 is 11.2. The van der Waals surface area contributed by atoms with Crippen LogP contribution in [0.2, 0.25) is 0 Å². The molecule has 0 aromatic heterocycles. The molecule has 4 nitrogen and oxygen atoms in total. The number of aryl methyl sites for hydroxylation is 1. The lowest BCUT2D eigenvalue weighted by molar-refractivity contribution is 0.0734. The fourth-order valence-corrected chi connectivity index (χ4v) is 3.90. The van der Waals surface area contributed by atoms with Crippen molar-refractivity contribution < 1.29 is 19.1 Å². The number of esters is 1. The maximum Gasteiger partial charge on any atom is 0.343 e. The Labute approximate surface area is 221 Å². The molecular weight excluding hydrogens is 460 g/mol. The van der Waals surface area contributed by atoms with Gasteiger partial charge in [-0.15, -0.1) is 0 Å². The summed E-state index contributed by atoms with van der Waals surface area (Å²) in [6, 6.07) is 22.0. The van der Waals surface area contributed by atoms with E-state index in [1.165, 1.54) is 31.2 Å². The Kier molecular flexibility index (Phi) is 11.7. The van der Waals surface area contributed by atoms with Crippen molar-refractivity contribution in [3.05, 3.63) is 101 Å². The molecule has 0 aliphatic carbocycles. The first kappa shape index (κ1) is 27.9. The van der Waals surface area contributed by atoms with Crippen LogP contribution in [0.1, 0.15) is 90.6 Å². The Morgan fingerprint density at radius 1 is 0.676 bits per heavy atom. The highest BCUT2D eigenvalue weighted by molar-refractivity contribution is 6.06. The average Bonchev–Trinajstić information content (AvgIpc) is 2.93. The van der Waals surface area contributed by atoms with Gasteiger partial charge in [-0.2, -0.15) is 0 Å². The number of allylic oxidation sites excluding steroid dienone is 1. The average molecular weight is 499 g/mol. The molecule has 0 bridgehead atoms. The third kappa shape index (κ3) is 9.72. The summed E-state index contributed by atoms with van der Waals surface area (Å²) in [5.74, 6) is 0.732. The molecule has 0 saturated carbocycles. The number of hydrogen-bond acceptors (Lipinski definition) is 4. The van der Waals surface area contributed by atoms with Crippen molar-refractivity contribution in [1.29, 1.82) is 0 Å². The molecular formula is C33H38O4. The van der Waals surface area contributed by atoms with Crippen molar-refractivity contribution in [1.82, 2.24) is 0 Å². The summed E-state index contributed by atoms with van der Waals surface area (Å²) in [7, 11) is 0. The summed E-state index contributed by atoms with van der Waals surface area (Å²) in [5, 5.41) is 0. The van der Waals surface area contributed by atoms with Gasteiger partial charge >= 0.3 is 5.97 Å². The van der Waals surface area contributed by atoms with Crippen molar-refractivity contribution >= 4 is 17.8 Å². The van der Waals surface area contributed by atoms with E-state index in [0.717, 1.165) is 37.0 Å². The lowest BCUT2D eigenvalue weighted by atomic mass is 10.0. The highest BCUT2D eigenvalue weighted by atomic mass is 16.5. The molecule has 0 aliphatic heterocycles. The van der Waals surface area contributed by atoms with E-state index >= 15 is 0 Å². The van der Waals surface area contributed by atoms with Gasteiger partial charge in [-0.25, -0.2) is 4.79 Å². The molecule has 0 fully saturated rings. The molecule has 194 valence electrons. The van der Waals surface area contributed by atoms with Gasteiger partial charge in [0.1, 0.15) is 11.5 Å². The second-order valence-corrected chi connectivity index (χ2v) is 9.24. The van der Waals surface area contributed by atoms with E-state index < -0.39 is 5.97 Å². The van der Waals surface area contributed by atoms with Gasteiger partial charge in [0.2, 0.25) is 0 Å². The van der Waals surface area contributed by atoms with E-state index in [0.29, 0.717) is 23.5 Å². The summed E-state index contributed by atoms with van der Waals surface area (Å²) in [6.07, 6.45) is 12.7. The molecule has 0 amide bonds. The summed E-state index contributed by atoms with van der Waals surface area (Å²) in [6.45, 7) is 5.04. The fraction of sp³-hybridized carbons (Fsp3) is 0.333.